The first-order valence-corrected chi connectivity index (χ1v) is 13.8. The lowest BCUT2D eigenvalue weighted by molar-refractivity contribution is -0.123. The number of anilines is 1. The summed E-state index contributed by atoms with van der Waals surface area (Å²) in [7, 11) is -2.22. The first-order valence-electron chi connectivity index (χ1n) is 11.5. The molecule has 0 N–H and O–H groups in total. The van der Waals surface area contributed by atoms with Gasteiger partial charge in [-0.3, -0.25) is 9.69 Å². The molecule has 1 saturated heterocycles. The highest BCUT2D eigenvalue weighted by Crippen LogP contribution is 2.34. The maximum atomic E-state index is 14.3. The summed E-state index contributed by atoms with van der Waals surface area (Å²) in [5, 5.41) is 0.217. The molecule has 0 saturated carbocycles. The number of hydrogen-bond acceptors (Lipinski definition) is 7. The molecule has 8 nitrogen and oxygen atoms in total. The van der Waals surface area contributed by atoms with Crippen molar-refractivity contribution in [2.24, 2.45) is 5.92 Å². The molecule has 0 bridgehead atoms. The van der Waals surface area contributed by atoms with Gasteiger partial charge in [-0.2, -0.15) is 4.31 Å². The molecule has 37 heavy (non-hydrogen) atoms. The standard InChI is InChI=1S/C25H23F2N3O5S2/c1-34-18-4-6-20(7-5-18)37(32,33)29-10-8-16(9-11-29)24(31)30(15-19-3-2-12-35-19)25-28-23-21(27)13-17(26)14-22(23)36-25/h2-7,12-14,16H,8-11,15H2,1H3. The quantitative estimate of drug-likeness (QED) is 0.330. The van der Waals surface area contributed by atoms with E-state index in [0.29, 0.717) is 24.4 Å². The lowest BCUT2D eigenvalue weighted by Crippen LogP contribution is -2.44. The topological polar surface area (TPSA) is 93.0 Å². The van der Waals surface area contributed by atoms with Crippen LogP contribution in [0.5, 0.6) is 5.75 Å². The van der Waals surface area contributed by atoms with Gasteiger partial charge in [-0.25, -0.2) is 22.2 Å². The van der Waals surface area contributed by atoms with E-state index < -0.39 is 27.6 Å². The molecule has 1 amide bonds. The third-order valence-corrected chi connectivity index (χ3v) is 9.23. The van der Waals surface area contributed by atoms with Gasteiger partial charge in [0.05, 0.1) is 29.5 Å². The molecule has 2 aromatic carbocycles. The van der Waals surface area contributed by atoms with Gasteiger partial charge in [-0.1, -0.05) is 11.3 Å². The Morgan fingerprint density at radius 1 is 1.19 bits per heavy atom. The predicted octanol–water partition coefficient (Wildman–Crippen LogP) is 4.81. The lowest BCUT2D eigenvalue weighted by Gasteiger charge is -2.32. The Morgan fingerprint density at radius 3 is 2.57 bits per heavy atom. The maximum absolute atomic E-state index is 14.3. The third-order valence-electron chi connectivity index (χ3n) is 6.29. The second-order valence-corrected chi connectivity index (χ2v) is 11.5. The number of thiazole rings is 1. The van der Waals surface area contributed by atoms with E-state index in [2.05, 4.69) is 4.98 Å². The summed E-state index contributed by atoms with van der Waals surface area (Å²) in [5.41, 5.74) is -0.0148. The van der Waals surface area contributed by atoms with Crippen LogP contribution in [0, 0.1) is 17.6 Å². The van der Waals surface area contributed by atoms with E-state index in [1.807, 2.05) is 0 Å². The van der Waals surface area contributed by atoms with Crippen molar-refractivity contribution >= 4 is 42.6 Å². The summed E-state index contributed by atoms with van der Waals surface area (Å²) in [6.07, 6.45) is 2.08. The molecule has 1 aliphatic heterocycles. The molecular weight excluding hydrogens is 524 g/mol. The Hall–Kier alpha value is -3.35. The van der Waals surface area contributed by atoms with Crippen LogP contribution in [-0.2, 0) is 21.4 Å². The Bertz CT molecular complexity index is 1510. The number of halogens is 2. The SMILES string of the molecule is COc1ccc(S(=O)(=O)N2CCC(C(=O)N(Cc3ccco3)c3nc4c(F)cc(F)cc4s3)CC2)cc1. The summed E-state index contributed by atoms with van der Waals surface area (Å²) in [6.45, 7) is 0.387. The van der Waals surface area contributed by atoms with Crippen molar-refractivity contribution in [3.8, 4) is 5.75 Å². The zero-order valence-corrected chi connectivity index (χ0v) is 21.4. The summed E-state index contributed by atoms with van der Waals surface area (Å²) >= 11 is 1.01. The number of hydrogen-bond donors (Lipinski definition) is 0. The van der Waals surface area contributed by atoms with Crippen LogP contribution >= 0.6 is 11.3 Å². The van der Waals surface area contributed by atoms with Gasteiger partial charge < -0.3 is 9.15 Å². The van der Waals surface area contributed by atoms with E-state index in [1.54, 1.807) is 24.3 Å². The van der Waals surface area contributed by atoms with Crippen LogP contribution < -0.4 is 9.64 Å². The van der Waals surface area contributed by atoms with Crippen molar-refractivity contribution in [3.63, 3.8) is 0 Å². The molecule has 194 valence electrons. The fraction of sp³-hybridized carbons (Fsp3) is 0.280. The predicted molar refractivity (Wildman–Crippen MR) is 134 cm³/mol. The van der Waals surface area contributed by atoms with Crippen molar-refractivity contribution < 1.29 is 31.1 Å². The first-order chi connectivity index (χ1) is 17.8. The number of fused-ring (bicyclic) bond motifs is 1. The Balaban J connectivity index is 1.36. The number of piperidine rings is 1. The van der Waals surface area contributed by atoms with E-state index in [0.717, 1.165) is 17.4 Å². The van der Waals surface area contributed by atoms with Crippen molar-refractivity contribution in [3.05, 3.63) is 72.2 Å². The number of sulfonamides is 1. The number of nitrogens with zero attached hydrogens (tertiary/aromatic N) is 3. The van der Waals surface area contributed by atoms with Gasteiger partial charge in [-0.15, -0.1) is 0 Å². The highest BCUT2D eigenvalue weighted by atomic mass is 32.2. The van der Waals surface area contributed by atoms with Crippen molar-refractivity contribution in [1.29, 1.82) is 0 Å². The van der Waals surface area contributed by atoms with Gasteiger partial charge in [0, 0.05) is 25.1 Å². The average molecular weight is 548 g/mol. The largest absolute Gasteiger partial charge is 0.497 e. The van der Waals surface area contributed by atoms with Crippen LogP contribution in [0.3, 0.4) is 0 Å². The molecule has 2 aromatic heterocycles. The van der Waals surface area contributed by atoms with E-state index in [4.69, 9.17) is 9.15 Å². The molecule has 1 aliphatic rings. The molecule has 0 spiro atoms. The molecule has 4 aromatic rings. The molecule has 0 aliphatic carbocycles. The molecule has 5 rings (SSSR count). The van der Waals surface area contributed by atoms with Crippen LogP contribution in [0.25, 0.3) is 10.2 Å². The van der Waals surface area contributed by atoms with E-state index >= 15 is 0 Å². The van der Waals surface area contributed by atoms with E-state index in [9.17, 15) is 22.0 Å². The van der Waals surface area contributed by atoms with Crippen LogP contribution in [-0.4, -0.2) is 43.8 Å². The third kappa shape index (κ3) is 5.09. The summed E-state index contributed by atoms with van der Waals surface area (Å²) in [6, 6.07) is 11.5. The molecule has 0 atom stereocenters. The molecular formula is C25H23F2N3O5S2. The van der Waals surface area contributed by atoms with Crippen molar-refractivity contribution in [2.75, 3.05) is 25.1 Å². The maximum Gasteiger partial charge on any atom is 0.243 e. The highest BCUT2D eigenvalue weighted by molar-refractivity contribution is 7.89. The minimum absolute atomic E-state index is 0.0148. The van der Waals surface area contributed by atoms with Gasteiger partial charge in [0.25, 0.3) is 0 Å². The number of methoxy groups -OCH3 is 1. The van der Waals surface area contributed by atoms with Gasteiger partial charge in [0.15, 0.2) is 10.9 Å². The summed E-state index contributed by atoms with van der Waals surface area (Å²) in [4.78, 5) is 19.5. The fourth-order valence-corrected chi connectivity index (χ4v) is 6.80. The number of ether oxygens (including phenoxy) is 1. The Labute approximate surface area is 216 Å². The van der Waals surface area contributed by atoms with Crippen LogP contribution in [0.1, 0.15) is 18.6 Å². The van der Waals surface area contributed by atoms with Gasteiger partial charge in [0.2, 0.25) is 15.9 Å². The molecule has 12 heteroatoms. The first kappa shape index (κ1) is 25.3. The minimum Gasteiger partial charge on any atom is -0.497 e. The summed E-state index contributed by atoms with van der Waals surface area (Å²) < 4.78 is 66.4. The number of carbonyl (C=O) groups is 1. The number of furan rings is 1. The zero-order chi connectivity index (χ0) is 26.2. The number of carbonyl (C=O) groups excluding carboxylic acids is 1. The van der Waals surface area contributed by atoms with Gasteiger partial charge in [-0.05, 0) is 55.3 Å². The number of aromatic nitrogens is 1. The second kappa shape index (κ2) is 10.2. The van der Waals surface area contributed by atoms with E-state index in [-0.39, 0.29) is 45.8 Å². The molecule has 3 heterocycles. The van der Waals surface area contributed by atoms with Gasteiger partial charge in [0.1, 0.15) is 22.8 Å². The highest BCUT2D eigenvalue weighted by Gasteiger charge is 2.35. The number of benzene rings is 2. The second-order valence-electron chi connectivity index (χ2n) is 8.59. The number of rotatable bonds is 7. The Morgan fingerprint density at radius 2 is 1.92 bits per heavy atom. The monoisotopic (exact) mass is 547 g/mol. The lowest BCUT2D eigenvalue weighted by atomic mass is 9.96. The summed E-state index contributed by atoms with van der Waals surface area (Å²) in [5.74, 6) is -1.24. The van der Waals surface area contributed by atoms with Crippen LogP contribution in [0.4, 0.5) is 13.9 Å². The van der Waals surface area contributed by atoms with Gasteiger partial charge >= 0.3 is 0 Å². The van der Waals surface area contributed by atoms with Crippen LogP contribution in [0.15, 0.2) is 64.1 Å². The zero-order valence-electron chi connectivity index (χ0n) is 19.8. The normalized spacial score (nSPS) is 15.2. The smallest absolute Gasteiger partial charge is 0.243 e. The van der Waals surface area contributed by atoms with Crippen molar-refractivity contribution in [2.45, 2.75) is 24.3 Å². The average Bonchev–Trinajstić information content (AvgIpc) is 3.57. The Kier molecular flexibility index (Phi) is 6.97. The van der Waals surface area contributed by atoms with E-state index in [1.165, 1.54) is 40.8 Å². The number of amides is 1. The van der Waals surface area contributed by atoms with Crippen LogP contribution in [0.2, 0.25) is 0 Å². The minimum atomic E-state index is -3.73. The molecule has 0 radical (unpaired) electrons. The van der Waals surface area contributed by atoms with Crippen molar-refractivity contribution in [1.82, 2.24) is 9.29 Å². The fourth-order valence-electron chi connectivity index (χ4n) is 4.32. The molecule has 0 unspecified atom stereocenters. The molecule has 1 fully saturated rings.